The van der Waals surface area contributed by atoms with E-state index in [4.69, 9.17) is 16.6 Å². The van der Waals surface area contributed by atoms with Gasteiger partial charge in [0.2, 0.25) is 17.7 Å². The standard InChI is InChI=1S/C23H39N7O7/c1-13(2)9-18(23(36)37)30-22(35)17(6-7-19(31)32)29-21(34)16(5-3-4-8-24)28-20(33)15(25)10-14-11-26-12-27-14/h11-13,15-18H,3-10,24-25H2,1-2H3,(H,26,27)(H,28,33)(H,29,34)(H,30,35)(H,31,32)(H,36,37). The van der Waals surface area contributed by atoms with Crippen LogP contribution in [-0.2, 0) is 30.4 Å². The minimum Gasteiger partial charge on any atom is -0.481 e. The Morgan fingerprint density at radius 2 is 1.54 bits per heavy atom. The highest BCUT2D eigenvalue weighted by Gasteiger charge is 2.30. The lowest BCUT2D eigenvalue weighted by Crippen LogP contribution is -2.57. The van der Waals surface area contributed by atoms with Crippen LogP contribution in [0, 0.1) is 5.92 Å². The molecule has 1 aromatic rings. The van der Waals surface area contributed by atoms with E-state index in [1.54, 1.807) is 13.8 Å². The van der Waals surface area contributed by atoms with E-state index < -0.39 is 60.2 Å². The molecule has 0 aliphatic carbocycles. The van der Waals surface area contributed by atoms with Crippen molar-refractivity contribution in [3.05, 3.63) is 18.2 Å². The molecular weight excluding hydrogens is 486 g/mol. The first-order valence-corrected chi connectivity index (χ1v) is 12.2. The third-order valence-corrected chi connectivity index (χ3v) is 5.51. The molecule has 0 saturated heterocycles. The zero-order valence-electron chi connectivity index (χ0n) is 21.2. The summed E-state index contributed by atoms with van der Waals surface area (Å²) in [6.45, 7) is 3.95. The van der Waals surface area contributed by atoms with Crippen molar-refractivity contribution < 1.29 is 34.2 Å². The number of nitrogens with two attached hydrogens (primary N) is 2. The molecule has 0 spiro atoms. The molecule has 0 saturated carbocycles. The van der Waals surface area contributed by atoms with Gasteiger partial charge in [-0.25, -0.2) is 9.78 Å². The Bertz CT molecular complexity index is 892. The fraction of sp³-hybridized carbons (Fsp3) is 0.652. The average molecular weight is 526 g/mol. The highest BCUT2D eigenvalue weighted by molar-refractivity contribution is 5.94. The number of carbonyl (C=O) groups is 5. The zero-order valence-corrected chi connectivity index (χ0v) is 21.2. The highest BCUT2D eigenvalue weighted by atomic mass is 16.4. The predicted molar refractivity (Wildman–Crippen MR) is 133 cm³/mol. The van der Waals surface area contributed by atoms with Crippen molar-refractivity contribution >= 4 is 29.7 Å². The number of aromatic amines is 1. The summed E-state index contributed by atoms with van der Waals surface area (Å²) in [6, 6.07) is -4.59. The van der Waals surface area contributed by atoms with E-state index >= 15 is 0 Å². The van der Waals surface area contributed by atoms with Gasteiger partial charge in [0.1, 0.15) is 18.1 Å². The van der Waals surface area contributed by atoms with Gasteiger partial charge in [-0.05, 0) is 44.6 Å². The van der Waals surface area contributed by atoms with Gasteiger partial charge in [0, 0.05) is 24.7 Å². The third kappa shape index (κ3) is 12.3. The molecular formula is C23H39N7O7. The summed E-state index contributed by atoms with van der Waals surface area (Å²) in [7, 11) is 0. The van der Waals surface area contributed by atoms with E-state index in [0.29, 0.717) is 25.1 Å². The van der Waals surface area contributed by atoms with Gasteiger partial charge in [0.05, 0.1) is 12.4 Å². The predicted octanol–water partition coefficient (Wildman–Crippen LogP) is -1.14. The summed E-state index contributed by atoms with van der Waals surface area (Å²) in [6.07, 6.45) is 3.82. The number of nitrogens with zero attached hydrogens (tertiary/aromatic N) is 1. The molecule has 3 amide bonds. The number of imidazole rings is 1. The summed E-state index contributed by atoms with van der Waals surface area (Å²) >= 11 is 0. The minimum atomic E-state index is -1.33. The molecule has 0 aliphatic heterocycles. The van der Waals surface area contributed by atoms with Crippen molar-refractivity contribution in [1.82, 2.24) is 25.9 Å². The Labute approximate surface area is 215 Å². The van der Waals surface area contributed by atoms with Crippen molar-refractivity contribution in [2.24, 2.45) is 17.4 Å². The number of hydrogen-bond donors (Lipinski definition) is 8. The Morgan fingerprint density at radius 1 is 0.946 bits per heavy atom. The van der Waals surface area contributed by atoms with Crippen molar-refractivity contribution in [1.29, 1.82) is 0 Å². The van der Waals surface area contributed by atoms with E-state index in [1.165, 1.54) is 12.5 Å². The van der Waals surface area contributed by atoms with E-state index in [9.17, 15) is 29.1 Å². The number of carboxylic acid groups (broad SMARTS) is 2. The molecule has 1 rings (SSSR count). The molecule has 4 unspecified atom stereocenters. The largest absolute Gasteiger partial charge is 0.481 e. The van der Waals surface area contributed by atoms with Gasteiger partial charge < -0.3 is 42.6 Å². The molecule has 14 nitrogen and oxygen atoms in total. The first-order chi connectivity index (χ1) is 17.4. The Kier molecular flexibility index (Phi) is 13.9. The molecule has 0 fully saturated rings. The molecule has 208 valence electrons. The van der Waals surface area contributed by atoms with Gasteiger partial charge in [-0.1, -0.05) is 13.8 Å². The fourth-order valence-corrected chi connectivity index (χ4v) is 3.54. The molecule has 4 atom stereocenters. The van der Waals surface area contributed by atoms with Crippen molar-refractivity contribution in [3.8, 4) is 0 Å². The van der Waals surface area contributed by atoms with Crippen LogP contribution >= 0.6 is 0 Å². The normalized spacial score (nSPS) is 14.3. The van der Waals surface area contributed by atoms with Crippen molar-refractivity contribution in [2.75, 3.05) is 6.54 Å². The fourth-order valence-electron chi connectivity index (χ4n) is 3.54. The molecule has 0 radical (unpaired) electrons. The molecule has 37 heavy (non-hydrogen) atoms. The van der Waals surface area contributed by atoms with Crippen LogP contribution in [0.15, 0.2) is 12.5 Å². The van der Waals surface area contributed by atoms with Crippen LogP contribution in [0.5, 0.6) is 0 Å². The third-order valence-electron chi connectivity index (χ3n) is 5.51. The lowest BCUT2D eigenvalue weighted by Gasteiger charge is -2.25. The number of nitrogens with one attached hydrogen (secondary N) is 4. The summed E-state index contributed by atoms with van der Waals surface area (Å²) in [5.41, 5.74) is 12.1. The van der Waals surface area contributed by atoms with Crippen molar-refractivity contribution in [3.63, 3.8) is 0 Å². The first-order valence-electron chi connectivity index (χ1n) is 12.2. The maximum Gasteiger partial charge on any atom is 0.326 e. The van der Waals surface area contributed by atoms with Gasteiger partial charge in [0.25, 0.3) is 0 Å². The number of hydrogen-bond acceptors (Lipinski definition) is 8. The Morgan fingerprint density at radius 3 is 2.05 bits per heavy atom. The average Bonchev–Trinajstić information content (AvgIpc) is 3.32. The summed E-state index contributed by atoms with van der Waals surface area (Å²) in [5, 5.41) is 25.9. The number of unbranched alkanes of at least 4 members (excludes halogenated alkanes) is 1. The number of H-pyrrole nitrogens is 1. The van der Waals surface area contributed by atoms with Crippen LogP contribution in [0.4, 0.5) is 0 Å². The number of carboxylic acids is 2. The van der Waals surface area contributed by atoms with Crippen LogP contribution in [0.2, 0.25) is 0 Å². The minimum absolute atomic E-state index is 0.0402. The number of aromatic nitrogens is 2. The second kappa shape index (κ2) is 16.3. The first kappa shape index (κ1) is 31.5. The van der Waals surface area contributed by atoms with Crippen LogP contribution in [0.1, 0.15) is 58.1 Å². The van der Waals surface area contributed by atoms with Gasteiger partial charge in [-0.3, -0.25) is 19.2 Å². The van der Waals surface area contributed by atoms with E-state index in [1.807, 2.05) is 0 Å². The zero-order chi connectivity index (χ0) is 28.0. The second-order valence-electron chi connectivity index (χ2n) is 9.26. The number of amides is 3. The van der Waals surface area contributed by atoms with Gasteiger partial charge in [0.15, 0.2) is 0 Å². The Balaban J connectivity index is 2.98. The number of aliphatic carboxylic acids is 2. The van der Waals surface area contributed by atoms with E-state index in [2.05, 4.69) is 25.9 Å². The van der Waals surface area contributed by atoms with Crippen LogP contribution in [-0.4, -0.2) is 80.6 Å². The lowest BCUT2D eigenvalue weighted by molar-refractivity contribution is -0.143. The Hall–Kier alpha value is -3.52. The topological polar surface area (TPSA) is 243 Å². The van der Waals surface area contributed by atoms with Crippen LogP contribution < -0.4 is 27.4 Å². The number of rotatable bonds is 18. The second-order valence-corrected chi connectivity index (χ2v) is 9.26. The van der Waals surface area contributed by atoms with Gasteiger partial charge in [-0.15, -0.1) is 0 Å². The molecule has 0 aromatic carbocycles. The summed E-state index contributed by atoms with van der Waals surface area (Å²) in [5.74, 6) is -4.63. The SMILES string of the molecule is CC(C)CC(NC(=O)C(CCC(=O)O)NC(=O)C(CCCCN)NC(=O)C(N)Cc1cnc[nH]1)C(=O)O. The molecule has 0 bridgehead atoms. The molecule has 0 aliphatic rings. The van der Waals surface area contributed by atoms with Gasteiger partial charge in [-0.2, -0.15) is 0 Å². The maximum atomic E-state index is 13.1. The van der Waals surface area contributed by atoms with E-state index in [0.717, 1.165) is 0 Å². The summed E-state index contributed by atoms with van der Waals surface area (Å²) < 4.78 is 0. The quantitative estimate of drug-likeness (QED) is 0.107. The van der Waals surface area contributed by atoms with Crippen LogP contribution in [0.3, 0.4) is 0 Å². The number of carbonyl (C=O) groups excluding carboxylic acids is 3. The van der Waals surface area contributed by atoms with Crippen LogP contribution in [0.25, 0.3) is 0 Å². The monoisotopic (exact) mass is 525 g/mol. The van der Waals surface area contributed by atoms with Gasteiger partial charge >= 0.3 is 11.9 Å². The maximum absolute atomic E-state index is 13.1. The smallest absolute Gasteiger partial charge is 0.326 e. The van der Waals surface area contributed by atoms with Crippen molar-refractivity contribution in [2.45, 2.75) is 83.0 Å². The molecule has 1 aromatic heterocycles. The highest BCUT2D eigenvalue weighted by Crippen LogP contribution is 2.08. The molecule has 14 heteroatoms. The molecule has 10 N–H and O–H groups in total. The van der Waals surface area contributed by atoms with E-state index in [-0.39, 0.29) is 31.6 Å². The summed E-state index contributed by atoms with van der Waals surface area (Å²) in [4.78, 5) is 68.0. The lowest BCUT2D eigenvalue weighted by atomic mass is 10.0. The molecule has 1 heterocycles.